The van der Waals surface area contributed by atoms with E-state index in [0.29, 0.717) is 0 Å². The van der Waals surface area contributed by atoms with Crippen molar-refractivity contribution in [1.82, 2.24) is 4.98 Å². The molecule has 0 spiro atoms. The van der Waals surface area contributed by atoms with E-state index in [-0.39, 0.29) is 22.5 Å². The van der Waals surface area contributed by atoms with E-state index in [1.807, 2.05) is 18.2 Å². The van der Waals surface area contributed by atoms with Crippen molar-refractivity contribution in [3.63, 3.8) is 0 Å². The summed E-state index contributed by atoms with van der Waals surface area (Å²) in [6.45, 7) is 0. The molecule has 0 aliphatic rings. The molecule has 2 N–H and O–H groups in total. The summed E-state index contributed by atoms with van der Waals surface area (Å²) >= 11 is 0. The van der Waals surface area contributed by atoms with Crippen molar-refractivity contribution in [3.05, 3.63) is 30.6 Å². The smallest absolute Gasteiger partial charge is 0.0267 e. The van der Waals surface area contributed by atoms with Gasteiger partial charge in [-0.1, -0.05) is 6.07 Å². The van der Waals surface area contributed by atoms with Crippen LogP contribution in [0.25, 0.3) is 0 Å². The number of aromatic nitrogens is 1. The summed E-state index contributed by atoms with van der Waals surface area (Å²) in [7, 11) is 0. The second kappa shape index (κ2) is 6.63. The van der Waals surface area contributed by atoms with Gasteiger partial charge in [-0.3, -0.25) is 4.98 Å². The molecule has 3 heteroatoms. The van der Waals surface area contributed by atoms with Crippen molar-refractivity contribution in [3.8, 4) is 0 Å². The molecular formula is C5H7FeNO. The molecule has 0 aliphatic heterocycles. The number of hydrogen-bond acceptors (Lipinski definition) is 1. The maximum Gasteiger partial charge on any atom is 0.0267 e. The van der Waals surface area contributed by atoms with Crippen LogP contribution in [0, 0.1) is 0 Å². The van der Waals surface area contributed by atoms with Crippen LogP contribution in [0.2, 0.25) is 0 Å². The van der Waals surface area contributed by atoms with Crippen LogP contribution in [0.5, 0.6) is 0 Å². The minimum Gasteiger partial charge on any atom is -0.412 e. The molecule has 0 aromatic carbocycles. The molecule has 0 unspecified atom stereocenters. The van der Waals surface area contributed by atoms with E-state index in [1.165, 1.54) is 0 Å². The van der Waals surface area contributed by atoms with E-state index >= 15 is 0 Å². The number of pyridine rings is 1. The standard InChI is InChI=1S/C5H5N.Fe.H2O/c1-2-4-6-5-3-1;;/h1-5H;;1H2. The number of nitrogens with zero attached hydrogens (tertiary/aromatic N) is 1. The first-order valence-electron chi connectivity index (χ1n) is 1.85. The molecule has 0 atom stereocenters. The normalized spacial score (nSPS) is 6.00. The predicted molar refractivity (Wildman–Crippen MR) is 27.9 cm³/mol. The molecule has 1 aromatic rings. The Morgan fingerprint density at radius 1 is 0.875 bits per heavy atom. The van der Waals surface area contributed by atoms with Crippen molar-refractivity contribution >= 4 is 0 Å². The van der Waals surface area contributed by atoms with Gasteiger partial charge >= 0.3 is 0 Å². The fraction of sp³-hybridized carbons (Fsp3) is 0. The third kappa shape index (κ3) is 3.81. The van der Waals surface area contributed by atoms with Crippen LogP contribution in [-0.4, -0.2) is 10.5 Å². The van der Waals surface area contributed by atoms with E-state index < -0.39 is 0 Å². The average molecular weight is 153 g/mol. The van der Waals surface area contributed by atoms with E-state index in [2.05, 4.69) is 4.98 Å². The van der Waals surface area contributed by atoms with Crippen LogP contribution < -0.4 is 0 Å². The topological polar surface area (TPSA) is 44.4 Å². The van der Waals surface area contributed by atoms with Crippen LogP contribution in [-0.2, 0) is 17.1 Å². The van der Waals surface area contributed by atoms with Crippen LogP contribution in [0.15, 0.2) is 30.6 Å². The summed E-state index contributed by atoms with van der Waals surface area (Å²) in [5.41, 5.74) is 0. The third-order valence-electron chi connectivity index (χ3n) is 0.566. The maximum atomic E-state index is 3.78. The van der Waals surface area contributed by atoms with E-state index in [1.54, 1.807) is 12.4 Å². The number of hydrogen-bond donors (Lipinski definition) is 0. The van der Waals surface area contributed by atoms with Gasteiger partial charge in [0, 0.05) is 29.5 Å². The van der Waals surface area contributed by atoms with E-state index in [0.717, 1.165) is 0 Å². The molecule has 8 heavy (non-hydrogen) atoms. The Hall–Kier alpha value is -0.371. The largest absolute Gasteiger partial charge is 0.412 e. The van der Waals surface area contributed by atoms with Crippen LogP contribution in [0.4, 0.5) is 0 Å². The van der Waals surface area contributed by atoms with E-state index in [9.17, 15) is 0 Å². The van der Waals surface area contributed by atoms with Crippen LogP contribution in [0.3, 0.4) is 0 Å². The summed E-state index contributed by atoms with van der Waals surface area (Å²) in [4.78, 5) is 3.78. The summed E-state index contributed by atoms with van der Waals surface area (Å²) < 4.78 is 0. The van der Waals surface area contributed by atoms with Crippen molar-refractivity contribution < 1.29 is 22.5 Å². The second-order valence-corrected chi connectivity index (χ2v) is 1.02. The molecule has 2 nitrogen and oxygen atoms in total. The van der Waals surface area contributed by atoms with Gasteiger partial charge < -0.3 is 5.48 Å². The Morgan fingerprint density at radius 3 is 1.50 bits per heavy atom. The van der Waals surface area contributed by atoms with Crippen LogP contribution >= 0.6 is 0 Å². The molecule has 0 bridgehead atoms. The number of rotatable bonds is 0. The second-order valence-electron chi connectivity index (χ2n) is 1.02. The van der Waals surface area contributed by atoms with Gasteiger partial charge in [-0.25, -0.2) is 0 Å². The first kappa shape index (κ1) is 10.6. The molecule has 1 rings (SSSR count). The van der Waals surface area contributed by atoms with Gasteiger partial charge in [0.1, 0.15) is 0 Å². The Labute approximate surface area is 58.7 Å². The molecule has 0 amide bonds. The molecular weight excluding hydrogens is 146 g/mol. The minimum absolute atomic E-state index is 0. The zero-order valence-electron chi connectivity index (χ0n) is 4.19. The average Bonchev–Trinajstić information content (AvgIpc) is 1.72. The molecule has 46 valence electrons. The molecule has 0 saturated heterocycles. The maximum absolute atomic E-state index is 3.78. The summed E-state index contributed by atoms with van der Waals surface area (Å²) in [6, 6.07) is 5.72. The molecule has 0 radical (unpaired) electrons. The van der Waals surface area contributed by atoms with Crippen molar-refractivity contribution in [1.29, 1.82) is 0 Å². The van der Waals surface area contributed by atoms with Crippen LogP contribution in [0.1, 0.15) is 0 Å². The minimum atomic E-state index is 0. The zero-order valence-corrected chi connectivity index (χ0v) is 5.29. The quantitative estimate of drug-likeness (QED) is 0.492. The van der Waals surface area contributed by atoms with Gasteiger partial charge in [-0.15, -0.1) is 0 Å². The van der Waals surface area contributed by atoms with Gasteiger partial charge in [0.05, 0.1) is 0 Å². The Balaban J connectivity index is 0. The first-order valence-corrected chi connectivity index (χ1v) is 1.85. The molecule has 0 aliphatic carbocycles. The summed E-state index contributed by atoms with van der Waals surface area (Å²) in [6.07, 6.45) is 3.50. The molecule has 0 fully saturated rings. The zero-order chi connectivity index (χ0) is 4.24. The third-order valence-corrected chi connectivity index (χ3v) is 0.566. The fourth-order valence-electron chi connectivity index (χ4n) is 0.313. The van der Waals surface area contributed by atoms with Gasteiger partial charge in [0.25, 0.3) is 0 Å². The fourth-order valence-corrected chi connectivity index (χ4v) is 0.313. The first-order chi connectivity index (χ1) is 3.00. The predicted octanol–water partition coefficient (Wildman–Crippen LogP) is 0.254. The molecule has 1 aromatic heterocycles. The van der Waals surface area contributed by atoms with Crippen molar-refractivity contribution in [2.45, 2.75) is 0 Å². The van der Waals surface area contributed by atoms with Crippen molar-refractivity contribution in [2.75, 3.05) is 0 Å². The van der Waals surface area contributed by atoms with Gasteiger partial charge in [0.2, 0.25) is 0 Å². The molecule has 0 saturated carbocycles. The molecule has 1 heterocycles. The van der Waals surface area contributed by atoms with Gasteiger partial charge in [-0.05, 0) is 12.1 Å². The Morgan fingerprint density at radius 2 is 1.38 bits per heavy atom. The Kier molecular flexibility index (Phi) is 8.77. The Bertz CT molecular complexity index is 84.4. The summed E-state index contributed by atoms with van der Waals surface area (Å²) in [5.74, 6) is 0. The van der Waals surface area contributed by atoms with E-state index in [4.69, 9.17) is 0 Å². The van der Waals surface area contributed by atoms with Gasteiger partial charge in [0.15, 0.2) is 0 Å². The monoisotopic (exact) mass is 153 g/mol. The van der Waals surface area contributed by atoms with Gasteiger partial charge in [-0.2, -0.15) is 0 Å². The van der Waals surface area contributed by atoms with Crippen molar-refractivity contribution in [2.24, 2.45) is 0 Å². The SMILES string of the molecule is O.[Fe].c1ccncc1. The summed E-state index contributed by atoms with van der Waals surface area (Å²) in [5, 5.41) is 0.